The zero-order valence-electron chi connectivity index (χ0n) is 16.2. The van der Waals surface area contributed by atoms with Crippen molar-refractivity contribution in [1.82, 2.24) is 9.62 Å². The van der Waals surface area contributed by atoms with E-state index in [1.807, 2.05) is 18.4 Å². The zero-order chi connectivity index (χ0) is 20.9. The number of benzene rings is 1. The monoisotopic (exact) mass is 430 g/mol. The van der Waals surface area contributed by atoms with Crippen LogP contribution in [0.3, 0.4) is 0 Å². The number of aryl methyl sites for hydroxylation is 1. The van der Waals surface area contributed by atoms with Crippen molar-refractivity contribution in [2.75, 3.05) is 7.05 Å². The van der Waals surface area contributed by atoms with E-state index in [0.717, 1.165) is 10.4 Å². The van der Waals surface area contributed by atoms with Gasteiger partial charge in [-0.15, -0.1) is 11.3 Å². The highest BCUT2D eigenvalue weighted by atomic mass is 32.2. The lowest BCUT2D eigenvalue weighted by Crippen LogP contribution is -2.23. The van der Waals surface area contributed by atoms with Crippen LogP contribution in [0, 0.1) is 6.92 Å². The van der Waals surface area contributed by atoms with Gasteiger partial charge in [0.15, 0.2) is 0 Å². The van der Waals surface area contributed by atoms with Crippen LogP contribution in [-0.4, -0.2) is 26.3 Å². The number of hydrogen-bond donors (Lipinski definition) is 1. The number of rotatable bonds is 8. The summed E-state index contributed by atoms with van der Waals surface area (Å²) in [6, 6.07) is 11.8. The maximum atomic E-state index is 12.3. The quantitative estimate of drug-likeness (QED) is 0.551. The molecule has 0 saturated carbocycles. The Morgan fingerprint density at radius 1 is 1.21 bits per heavy atom. The van der Waals surface area contributed by atoms with Crippen molar-refractivity contribution < 1.29 is 17.6 Å². The molecule has 1 N–H and O–H groups in total. The molecular formula is C21H22N2O4S2. The fraction of sp³-hybridized carbons (Fsp3) is 0.190. The fourth-order valence-electron chi connectivity index (χ4n) is 2.57. The van der Waals surface area contributed by atoms with Crippen LogP contribution in [0.5, 0.6) is 0 Å². The van der Waals surface area contributed by atoms with E-state index in [9.17, 15) is 13.2 Å². The molecule has 0 atom stereocenters. The van der Waals surface area contributed by atoms with Crippen LogP contribution in [0.25, 0.3) is 6.08 Å². The molecule has 6 nitrogen and oxygen atoms in total. The van der Waals surface area contributed by atoms with Gasteiger partial charge in [-0.05, 0) is 59.8 Å². The van der Waals surface area contributed by atoms with Crippen LogP contribution in [0.4, 0.5) is 0 Å². The average Bonchev–Trinajstić information content (AvgIpc) is 3.37. The van der Waals surface area contributed by atoms with Crippen LogP contribution < -0.4 is 4.72 Å². The van der Waals surface area contributed by atoms with Gasteiger partial charge in [0, 0.05) is 18.0 Å². The number of thiophene rings is 1. The van der Waals surface area contributed by atoms with Crippen molar-refractivity contribution >= 4 is 33.3 Å². The molecule has 1 aromatic carbocycles. The van der Waals surface area contributed by atoms with E-state index in [-0.39, 0.29) is 17.3 Å². The molecule has 0 aliphatic carbocycles. The Morgan fingerprint density at radius 3 is 2.59 bits per heavy atom. The van der Waals surface area contributed by atoms with E-state index >= 15 is 0 Å². The van der Waals surface area contributed by atoms with Crippen LogP contribution in [0.1, 0.15) is 21.8 Å². The summed E-state index contributed by atoms with van der Waals surface area (Å²) in [5.74, 6) is 0.420. The molecule has 0 radical (unpaired) electrons. The number of hydrogen-bond acceptors (Lipinski definition) is 5. The van der Waals surface area contributed by atoms with Crippen molar-refractivity contribution in [2.24, 2.45) is 0 Å². The smallest absolute Gasteiger partial charge is 0.246 e. The molecule has 0 saturated heterocycles. The van der Waals surface area contributed by atoms with E-state index in [4.69, 9.17) is 4.42 Å². The normalized spacial score (nSPS) is 11.8. The molecule has 2 aromatic heterocycles. The number of carbonyl (C=O) groups excluding carboxylic acids is 1. The molecule has 0 unspecified atom stereocenters. The molecule has 1 amide bonds. The first-order chi connectivity index (χ1) is 13.8. The Morgan fingerprint density at radius 2 is 1.97 bits per heavy atom. The lowest BCUT2D eigenvalue weighted by molar-refractivity contribution is -0.125. The lowest BCUT2D eigenvalue weighted by Gasteiger charge is -2.14. The molecule has 0 bridgehead atoms. The third-order valence-electron chi connectivity index (χ3n) is 4.35. The van der Waals surface area contributed by atoms with Crippen molar-refractivity contribution in [3.63, 3.8) is 0 Å². The zero-order valence-corrected chi connectivity index (χ0v) is 17.8. The summed E-state index contributed by atoms with van der Waals surface area (Å²) in [7, 11) is -1.88. The van der Waals surface area contributed by atoms with Crippen LogP contribution in [0.15, 0.2) is 69.5 Å². The number of likely N-dealkylation sites (N-methyl/N-ethyl adjacent to an activating group) is 1. The lowest BCUT2D eigenvalue weighted by atomic mass is 10.2. The van der Waals surface area contributed by atoms with Gasteiger partial charge in [-0.1, -0.05) is 12.1 Å². The maximum absolute atomic E-state index is 12.3. The fourth-order valence-corrected chi connectivity index (χ4v) is 4.53. The summed E-state index contributed by atoms with van der Waals surface area (Å²) in [5, 5.41) is 2.01. The molecule has 8 heteroatoms. The van der Waals surface area contributed by atoms with Gasteiger partial charge in [0.2, 0.25) is 15.9 Å². The third kappa shape index (κ3) is 5.66. The van der Waals surface area contributed by atoms with E-state index in [1.165, 1.54) is 30.0 Å². The highest BCUT2D eigenvalue weighted by Crippen LogP contribution is 2.17. The van der Waals surface area contributed by atoms with E-state index in [1.54, 1.807) is 53.6 Å². The van der Waals surface area contributed by atoms with Crippen molar-refractivity contribution in [2.45, 2.75) is 24.9 Å². The predicted molar refractivity (Wildman–Crippen MR) is 114 cm³/mol. The van der Waals surface area contributed by atoms with Crippen LogP contribution in [0.2, 0.25) is 0 Å². The SMILES string of the molecule is Cc1ccsc1CN(C)C(=O)C=Cc1ccc(S(=O)(=O)NCc2ccco2)cc1. The highest BCUT2D eigenvalue weighted by Gasteiger charge is 2.14. The molecule has 0 fully saturated rings. The number of nitrogens with one attached hydrogen (secondary N) is 1. The molecule has 2 heterocycles. The molecule has 3 rings (SSSR count). The minimum Gasteiger partial charge on any atom is -0.468 e. The summed E-state index contributed by atoms with van der Waals surface area (Å²) >= 11 is 1.63. The van der Waals surface area contributed by atoms with Crippen molar-refractivity contribution in [3.8, 4) is 0 Å². The van der Waals surface area contributed by atoms with Gasteiger partial charge in [-0.3, -0.25) is 4.79 Å². The van der Waals surface area contributed by atoms with E-state index < -0.39 is 10.0 Å². The topological polar surface area (TPSA) is 79.6 Å². The van der Waals surface area contributed by atoms with Gasteiger partial charge in [0.05, 0.1) is 24.2 Å². The Bertz CT molecular complexity index is 1080. The van der Waals surface area contributed by atoms with Gasteiger partial charge in [0.1, 0.15) is 5.76 Å². The molecule has 29 heavy (non-hydrogen) atoms. The Hall–Kier alpha value is -2.68. The first-order valence-corrected chi connectivity index (χ1v) is 11.3. The summed E-state index contributed by atoms with van der Waals surface area (Å²) in [6.07, 6.45) is 4.65. The summed E-state index contributed by atoms with van der Waals surface area (Å²) in [5.41, 5.74) is 1.92. The average molecular weight is 431 g/mol. The second-order valence-corrected chi connectivity index (χ2v) is 9.29. The third-order valence-corrected chi connectivity index (χ3v) is 6.78. The number of nitrogens with zero attached hydrogens (tertiary/aromatic N) is 1. The van der Waals surface area contributed by atoms with Crippen LogP contribution >= 0.6 is 11.3 Å². The Balaban J connectivity index is 1.59. The minimum atomic E-state index is -3.64. The van der Waals surface area contributed by atoms with E-state index in [2.05, 4.69) is 4.72 Å². The Labute approximate surface area is 174 Å². The number of carbonyl (C=O) groups is 1. The second kappa shape index (κ2) is 9.21. The minimum absolute atomic E-state index is 0.0849. The number of sulfonamides is 1. The summed E-state index contributed by atoms with van der Waals surface area (Å²) < 4.78 is 32.3. The second-order valence-electron chi connectivity index (χ2n) is 6.53. The van der Waals surface area contributed by atoms with E-state index in [0.29, 0.717) is 12.3 Å². The van der Waals surface area contributed by atoms with Gasteiger partial charge in [-0.25, -0.2) is 13.1 Å². The highest BCUT2D eigenvalue weighted by molar-refractivity contribution is 7.89. The summed E-state index contributed by atoms with van der Waals surface area (Å²) in [6.45, 7) is 2.67. The molecule has 152 valence electrons. The van der Waals surface area contributed by atoms with Crippen molar-refractivity contribution in [1.29, 1.82) is 0 Å². The molecule has 0 spiro atoms. The van der Waals surface area contributed by atoms with Gasteiger partial charge >= 0.3 is 0 Å². The standard InChI is InChI=1S/C21H22N2O4S2/c1-16-11-13-28-20(16)15-23(2)21(24)10-7-17-5-8-19(9-6-17)29(25,26)22-14-18-4-3-12-27-18/h3-13,22H,14-15H2,1-2H3. The van der Waals surface area contributed by atoms with Gasteiger partial charge < -0.3 is 9.32 Å². The number of furan rings is 1. The molecular weight excluding hydrogens is 408 g/mol. The summed E-state index contributed by atoms with van der Waals surface area (Å²) in [4.78, 5) is 15.3. The molecule has 0 aliphatic rings. The maximum Gasteiger partial charge on any atom is 0.246 e. The number of amides is 1. The first kappa shape index (κ1) is 21.0. The van der Waals surface area contributed by atoms with Crippen LogP contribution in [-0.2, 0) is 27.9 Å². The predicted octanol–water partition coefficient (Wildman–Crippen LogP) is 3.80. The molecule has 0 aliphatic heterocycles. The van der Waals surface area contributed by atoms with Crippen molar-refractivity contribution in [3.05, 3.63) is 81.9 Å². The Kier molecular flexibility index (Phi) is 6.68. The molecule has 3 aromatic rings. The van der Waals surface area contributed by atoms with Gasteiger partial charge in [-0.2, -0.15) is 0 Å². The first-order valence-electron chi connectivity index (χ1n) is 8.93. The van der Waals surface area contributed by atoms with Gasteiger partial charge in [0.25, 0.3) is 0 Å². The largest absolute Gasteiger partial charge is 0.468 e.